The monoisotopic (exact) mass is 154 g/mol. The average Bonchev–Trinajstić information content (AvgIpc) is 1.53. The first kappa shape index (κ1) is 7.60. The van der Waals surface area contributed by atoms with Crippen LogP contribution in [0.1, 0.15) is 40.0 Å². The van der Waals surface area contributed by atoms with Crippen LogP contribution in [-0.2, 0) is 4.74 Å². The van der Waals surface area contributed by atoms with E-state index in [2.05, 4.69) is 20.8 Å². The second kappa shape index (κ2) is 1.66. The van der Waals surface area contributed by atoms with Crippen LogP contribution in [0, 0.1) is 10.8 Å². The van der Waals surface area contributed by atoms with Gasteiger partial charge in [-0.2, -0.15) is 0 Å². The molecule has 0 heterocycles. The first-order valence-corrected chi connectivity index (χ1v) is 4.48. The Bertz CT molecular complexity index is 168. The molecule has 0 atom stereocenters. The highest BCUT2D eigenvalue weighted by atomic mass is 16.5. The summed E-state index contributed by atoms with van der Waals surface area (Å²) in [5.41, 5.74) is 1.46. The number of rotatable bonds is 1. The van der Waals surface area contributed by atoms with Gasteiger partial charge in [0.05, 0.1) is 5.60 Å². The molecule has 64 valence electrons. The number of ether oxygens (including phenoxy) is 1. The zero-order chi connectivity index (χ0) is 8.33. The van der Waals surface area contributed by atoms with E-state index in [0.717, 1.165) is 0 Å². The van der Waals surface area contributed by atoms with Gasteiger partial charge in [-0.1, -0.05) is 20.8 Å². The lowest BCUT2D eigenvalue weighted by Gasteiger charge is -2.74. The Labute approximate surface area is 69.1 Å². The van der Waals surface area contributed by atoms with Crippen LogP contribution >= 0.6 is 0 Å². The molecule has 0 spiro atoms. The molecule has 0 N–H and O–H groups in total. The van der Waals surface area contributed by atoms with Crippen molar-refractivity contribution in [1.29, 1.82) is 0 Å². The summed E-state index contributed by atoms with van der Waals surface area (Å²) in [7, 11) is 1.85. The van der Waals surface area contributed by atoms with Gasteiger partial charge in [0.2, 0.25) is 0 Å². The maximum atomic E-state index is 5.46. The summed E-state index contributed by atoms with van der Waals surface area (Å²) in [6, 6.07) is 0. The van der Waals surface area contributed by atoms with Crippen LogP contribution in [0.5, 0.6) is 0 Å². The smallest absolute Gasteiger partial charge is 0.0695 e. The first-order valence-electron chi connectivity index (χ1n) is 4.48. The van der Waals surface area contributed by atoms with E-state index in [9.17, 15) is 0 Å². The third-order valence-corrected chi connectivity index (χ3v) is 4.01. The highest BCUT2D eigenvalue weighted by molar-refractivity contribution is 5.23. The van der Waals surface area contributed by atoms with E-state index in [4.69, 9.17) is 4.74 Å². The second-order valence-electron chi connectivity index (χ2n) is 5.45. The van der Waals surface area contributed by atoms with Gasteiger partial charge >= 0.3 is 0 Å². The van der Waals surface area contributed by atoms with Crippen molar-refractivity contribution in [2.24, 2.45) is 10.8 Å². The van der Waals surface area contributed by atoms with Crippen LogP contribution in [0.2, 0.25) is 0 Å². The normalized spacial score (nSPS) is 48.0. The SMILES string of the molecule is COC12CC(C(C)(C)C)(C1)C2. The van der Waals surface area contributed by atoms with E-state index < -0.39 is 0 Å². The summed E-state index contributed by atoms with van der Waals surface area (Å²) >= 11 is 0. The summed E-state index contributed by atoms with van der Waals surface area (Å²) in [5, 5.41) is 0. The highest BCUT2D eigenvalue weighted by Gasteiger charge is 2.72. The molecule has 0 aromatic carbocycles. The molecule has 0 aliphatic heterocycles. The van der Waals surface area contributed by atoms with Crippen LogP contribution in [0.25, 0.3) is 0 Å². The molecule has 0 unspecified atom stereocenters. The maximum absolute atomic E-state index is 5.46. The van der Waals surface area contributed by atoms with Gasteiger partial charge in [0.15, 0.2) is 0 Å². The second-order valence-corrected chi connectivity index (χ2v) is 5.45. The van der Waals surface area contributed by atoms with Gasteiger partial charge in [-0.25, -0.2) is 0 Å². The molecular formula is C10H18O. The van der Waals surface area contributed by atoms with Crippen molar-refractivity contribution in [2.45, 2.75) is 45.6 Å². The highest BCUT2D eigenvalue weighted by Crippen LogP contribution is 2.75. The van der Waals surface area contributed by atoms with Gasteiger partial charge in [-0.3, -0.25) is 0 Å². The van der Waals surface area contributed by atoms with E-state index in [1.165, 1.54) is 19.3 Å². The van der Waals surface area contributed by atoms with Gasteiger partial charge in [0, 0.05) is 7.11 Å². The third kappa shape index (κ3) is 0.703. The predicted octanol–water partition coefficient (Wildman–Crippen LogP) is 2.60. The number of methoxy groups -OCH3 is 1. The Balaban J connectivity index is 2.04. The topological polar surface area (TPSA) is 9.23 Å². The molecule has 2 bridgehead atoms. The van der Waals surface area contributed by atoms with E-state index in [1.807, 2.05) is 7.11 Å². The third-order valence-electron chi connectivity index (χ3n) is 4.01. The van der Waals surface area contributed by atoms with E-state index >= 15 is 0 Å². The van der Waals surface area contributed by atoms with Crippen molar-refractivity contribution >= 4 is 0 Å². The summed E-state index contributed by atoms with van der Waals surface area (Å²) in [6.45, 7) is 7.06. The van der Waals surface area contributed by atoms with Crippen LogP contribution in [-0.4, -0.2) is 12.7 Å². The van der Waals surface area contributed by atoms with Crippen molar-refractivity contribution in [2.75, 3.05) is 7.11 Å². The standard InChI is InChI=1S/C10H18O/c1-8(2,3)9-5-10(6-9,7-9)11-4/h5-7H2,1-4H3. The van der Waals surface area contributed by atoms with Crippen LogP contribution in [0.4, 0.5) is 0 Å². The van der Waals surface area contributed by atoms with E-state index in [1.54, 1.807) is 0 Å². The Morgan fingerprint density at radius 3 is 1.82 bits per heavy atom. The molecule has 3 fully saturated rings. The number of hydrogen-bond donors (Lipinski definition) is 0. The molecule has 3 saturated carbocycles. The van der Waals surface area contributed by atoms with E-state index in [-0.39, 0.29) is 0 Å². The summed E-state index contributed by atoms with van der Waals surface area (Å²) in [5.74, 6) is 0. The molecule has 0 saturated heterocycles. The van der Waals surface area contributed by atoms with Crippen LogP contribution < -0.4 is 0 Å². The van der Waals surface area contributed by atoms with Gasteiger partial charge in [-0.15, -0.1) is 0 Å². The Hall–Kier alpha value is -0.0400. The molecule has 11 heavy (non-hydrogen) atoms. The zero-order valence-electron chi connectivity index (χ0n) is 8.03. The molecule has 0 radical (unpaired) electrons. The van der Waals surface area contributed by atoms with Crippen LogP contribution in [0.3, 0.4) is 0 Å². The van der Waals surface area contributed by atoms with Gasteiger partial charge in [0.1, 0.15) is 0 Å². The molecule has 3 aliphatic rings. The van der Waals surface area contributed by atoms with Crippen molar-refractivity contribution in [3.8, 4) is 0 Å². The largest absolute Gasteiger partial charge is 0.378 e. The lowest BCUT2D eigenvalue weighted by atomic mass is 9.34. The number of hydrogen-bond acceptors (Lipinski definition) is 1. The van der Waals surface area contributed by atoms with E-state index in [0.29, 0.717) is 16.4 Å². The molecule has 0 amide bonds. The molecular weight excluding hydrogens is 136 g/mol. The zero-order valence-corrected chi connectivity index (χ0v) is 8.03. The molecule has 3 aliphatic carbocycles. The summed E-state index contributed by atoms with van der Waals surface area (Å²) < 4.78 is 5.46. The van der Waals surface area contributed by atoms with Gasteiger partial charge in [0.25, 0.3) is 0 Å². The molecule has 0 aromatic heterocycles. The predicted molar refractivity (Wildman–Crippen MR) is 45.5 cm³/mol. The van der Waals surface area contributed by atoms with Gasteiger partial charge in [-0.05, 0) is 30.1 Å². The Morgan fingerprint density at radius 1 is 1.09 bits per heavy atom. The lowest BCUT2D eigenvalue weighted by molar-refractivity contribution is -0.311. The average molecular weight is 154 g/mol. The van der Waals surface area contributed by atoms with Gasteiger partial charge < -0.3 is 4.74 Å². The van der Waals surface area contributed by atoms with Crippen molar-refractivity contribution < 1.29 is 4.74 Å². The quantitative estimate of drug-likeness (QED) is 0.564. The Morgan fingerprint density at radius 2 is 1.55 bits per heavy atom. The van der Waals surface area contributed by atoms with Crippen molar-refractivity contribution in [3.05, 3.63) is 0 Å². The van der Waals surface area contributed by atoms with Crippen LogP contribution in [0.15, 0.2) is 0 Å². The fraction of sp³-hybridized carbons (Fsp3) is 1.00. The van der Waals surface area contributed by atoms with Crippen molar-refractivity contribution in [1.82, 2.24) is 0 Å². The van der Waals surface area contributed by atoms with Crippen molar-refractivity contribution in [3.63, 3.8) is 0 Å². The molecule has 3 rings (SSSR count). The molecule has 0 aromatic rings. The first-order chi connectivity index (χ1) is 4.93. The Kier molecular flexibility index (Phi) is 1.15. The molecule has 1 nitrogen and oxygen atoms in total. The minimum absolute atomic E-state index is 0.327. The maximum Gasteiger partial charge on any atom is 0.0695 e. The lowest BCUT2D eigenvalue weighted by Crippen LogP contribution is -2.72. The molecule has 1 heteroatoms. The summed E-state index contributed by atoms with van der Waals surface area (Å²) in [4.78, 5) is 0. The minimum atomic E-state index is 0.327. The fourth-order valence-corrected chi connectivity index (χ4v) is 2.71. The summed E-state index contributed by atoms with van der Waals surface area (Å²) in [6.07, 6.45) is 3.92. The minimum Gasteiger partial charge on any atom is -0.378 e. The fourth-order valence-electron chi connectivity index (χ4n) is 2.71.